The van der Waals surface area contributed by atoms with Crippen LogP contribution in [-0.2, 0) is 4.65 Å². The number of halogens is 1. The Labute approximate surface area is 166 Å². The molecule has 0 spiro atoms. The van der Waals surface area contributed by atoms with Gasteiger partial charge in [-0.05, 0) is 69.0 Å². The molecule has 2 fully saturated rings. The summed E-state index contributed by atoms with van der Waals surface area (Å²) < 4.78 is 37.6. The molecular formula is C22H26BFO4. The molecule has 0 atom stereocenters. The van der Waals surface area contributed by atoms with Gasteiger partial charge in [-0.3, -0.25) is 0 Å². The van der Waals surface area contributed by atoms with E-state index in [1.165, 1.54) is 0 Å². The van der Waals surface area contributed by atoms with Crippen LogP contribution in [0.1, 0.15) is 40.5 Å². The van der Waals surface area contributed by atoms with Crippen molar-refractivity contribution in [2.24, 2.45) is 5.92 Å². The summed E-state index contributed by atoms with van der Waals surface area (Å²) in [4.78, 5) is 0. The summed E-state index contributed by atoms with van der Waals surface area (Å²) >= 11 is 0. The lowest BCUT2D eigenvalue weighted by molar-refractivity contribution is -0.0412. The van der Waals surface area contributed by atoms with Crippen molar-refractivity contribution < 1.29 is 23.2 Å². The second-order valence-electron chi connectivity index (χ2n) is 8.70. The van der Waals surface area contributed by atoms with Crippen LogP contribution in [0.15, 0.2) is 42.5 Å². The zero-order valence-electron chi connectivity index (χ0n) is 16.8. The lowest BCUT2D eigenvalue weighted by Gasteiger charge is -2.54. The summed E-state index contributed by atoms with van der Waals surface area (Å²) in [6.07, 6.45) is 2.32. The second-order valence-corrected chi connectivity index (χ2v) is 8.70. The van der Waals surface area contributed by atoms with Crippen LogP contribution in [0.5, 0.6) is 23.0 Å². The third-order valence-electron chi connectivity index (χ3n) is 5.94. The fourth-order valence-electron chi connectivity index (χ4n) is 2.97. The average Bonchev–Trinajstić information content (AvgIpc) is 3.48. The van der Waals surface area contributed by atoms with Crippen LogP contribution in [0.3, 0.4) is 0 Å². The first kappa shape index (κ1) is 19.1. The van der Waals surface area contributed by atoms with Gasteiger partial charge in [0.25, 0.3) is 0 Å². The molecule has 1 heterocycles. The second kappa shape index (κ2) is 7.00. The topological polar surface area (TPSA) is 36.9 Å². The lowest BCUT2D eigenvalue weighted by Crippen LogP contribution is -2.64. The van der Waals surface area contributed by atoms with Crippen molar-refractivity contribution in [3.05, 3.63) is 48.3 Å². The molecule has 148 valence electrons. The van der Waals surface area contributed by atoms with Crippen LogP contribution in [-0.4, -0.2) is 19.3 Å². The zero-order valence-corrected chi connectivity index (χ0v) is 16.8. The average molecular weight is 384 g/mol. The first-order valence-corrected chi connectivity index (χ1v) is 9.80. The Bertz CT molecular complexity index is 846. The van der Waals surface area contributed by atoms with Crippen LogP contribution >= 0.6 is 0 Å². The number of rotatable bonds is 7. The van der Waals surface area contributed by atoms with E-state index in [2.05, 4.69) is 27.7 Å². The Hall–Kier alpha value is -2.21. The van der Waals surface area contributed by atoms with Crippen LogP contribution < -0.4 is 14.1 Å². The molecule has 2 aromatic rings. The smallest absolute Gasteiger partial charge is 0.534 e. The van der Waals surface area contributed by atoms with Gasteiger partial charge in [-0.2, -0.15) is 4.39 Å². The van der Waals surface area contributed by atoms with Crippen LogP contribution in [0, 0.1) is 11.7 Å². The molecule has 0 radical (unpaired) electrons. The quantitative estimate of drug-likeness (QED) is 0.560. The molecule has 0 aromatic heterocycles. The molecule has 1 saturated carbocycles. The maximum absolute atomic E-state index is 14.6. The molecule has 1 saturated heterocycles. The Morgan fingerprint density at radius 1 is 1.00 bits per heavy atom. The van der Waals surface area contributed by atoms with Crippen molar-refractivity contribution >= 4 is 7.12 Å². The minimum Gasteiger partial charge on any atom is -0.536 e. The van der Waals surface area contributed by atoms with E-state index in [1.807, 2.05) is 0 Å². The largest absolute Gasteiger partial charge is 0.536 e. The van der Waals surface area contributed by atoms with Crippen molar-refractivity contribution in [1.82, 2.24) is 0 Å². The van der Waals surface area contributed by atoms with E-state index >= 15 is 0 Å². The van der Waals surface area contributed by atoms with Crippen molar-refractivity contribution in [3.8, 4) is 23.0 Å². The molecule has 4 rings (SSSR count). The van der Waals surface area contributed by atoms with E-state index in [9.17, 15) is 4.39 Å². The van der Waals surface area contributed by atoms with Crippen molar-refractivity contribution in [3.63, 3.8) is 0 Å². The van der Waals surface area contributed by atoms with E-state index in [4.69, 9.17) is 18.8 Å². The summed E-state index contributed by atoms with van der Waals surface area (Å²) in [6, 6.07) is 12.1. The predicted octanol–water partition coefficient (Wildman–Crippen LogP) is 5.86. The Morgan fingerprint density at radius 3 is 2.25 bits per heavy atom. The number of hydrogen-bond donors (Lipinski definition) is 0. The first-order valence-electron chi connectivity index (χ1n) is 9.80. The Balaban J connectivity index is 1.39. The summed E-state index contributed by atoms with van der Waals surface area (Å²) in [5.41, 5.74) is -0.217. The van der Waals surface area contributed by atoms with Crippen LogP contribution in [0.2, 0.25) is 5.31 Å². The van der Waals surface area contributed by atoms with Gasteiger partial charge in [0.15, 0.2) is 11.5 Å². The summed E-state index contributed by atoms with van der Waals surface area (Å²) in [5, 5.41) is -0.0911. The molecule has 0 amide bonds. The highest BCUT2D eigenvalue weighted by atomic mass is 19.1. The van der Waals surface area contributed by atoms with Gasteiger partial charge in [0.05, 0.1) is 12.2 Å². The zero-order chi connectivity index (χ0) is 19.9. The summed E-state index contributed by atoms with van der Waals surface area (Å²) in [5.74, 6) is 1.67. The van der Waals surface area contributed by atoms with Crippen molar-refractivity contribution in [2.45, 2.75) is 51.5 Å². The molecule has 2 aliphatic rings. The van der Waals surface area contributed by atoms with Gasteiger partial charge < -0.3 is 18.8 Å². The van der Waals surface area contributed by atoms with Gasteiger partial charge in [0, 0.05) is 5.31 Å². The molecule has 0 bridgehead atoms. The third-order valence-corrected chi connectivity index (χ3v) is 5.94. The van der Waals surface area contributed by atoms with E-state index in [-0.39, 0.29) is 29.5 Å². The monoisotopic (exact) mass is 384 g/mol. The summed E-state index contributed by atoms with van der Waals surface area (Å²) in [7, 11) is -0.299. The van der Waals surface area contributed by atoms with Gasteiger partial charge >= 0.3 is 7.12 Å². The van der Waals surface area contributed by atoms with Gasteiger partial charge in [0.2, 0.25) is 5.82 Å². The van der Waals surface area contributed by atoms with Gasteiger partial charge in [0.1, 0.15) is 11.5 Å². The highest BCUT2D eigenvalue weighted by Crippen LogP contribution is 2.53. The lowest BCUT2D eigenvalue weighted by atomic mass is 9.45. The highest BCUT2D eigenvalue weighted by Gasteiger charge is 2.62. The molecular weight excluding hydrogens is 358 g/mol. The fourth-order valence-corrected chi connectivity index (χ4v) is 2.97. The molecule has 0 unspecified atom stereocenters. The molecule has 2 aromatic carbocycles. The van der Waals surface area contributed by atoms with E-state index in [0.29, 0.717) is 24.0 Å². The summed E-state index contributed by atoms with van der Waals surface area (Å²) in [6.45, 7) is 8.92. The van der Waals surface area contributed by atoms with E-state index in [0.717, 1.165) is 12.8 Å². The van der Waals surface area contributed by atoms with Gasteiger partial charge in [-0.1, -0.05) is 19.9 Å². The minimum atomic E-state index is -0.477. The standard InChI is InChI=1S/C22H26BFO4/c1-21(2)22(3,4)28-23(21)27-17-12-10-16(11-13-17)26-19-7-5-6-18(20(19)24)25-14-15-8-9-15/h5-7,10-13,15H,8-9,14H2,1-4H3. The maximum atomic E-state index is 14.6. The minimum absolute atomic E-state index is 0.0911. The molecule has 28 heavy (non-hydrogen) atoms. The molecule has 4 nitrogen and oxygen atoms in total. The molecule has 6 heteroatoms. The van der Waals surface area contributed by atoms with Gasteiger partial charge in [-0.15, -0.1) is 0 Å². The SMILES string of the molecule is CC1(C)OB(Oc2ccc(Oc3cccc(OCC4CC4)c3F)cc2)C1(C)C. The normalized spacial score (nSPS) is 19.7. The van der Waals surface area contributed by atoms with E-state index < -0.39 is 5.82 Å². The van der Waals surface area contributed by atoms with E-state index in [1.54, 1.807) is 42.5 Å². The number of benzene rings is 2. The van der Waals surface area contributed by atoms with Crippen molar-refractivity contribution in [2.75, 3.05) is 6.61 Å². The van der Waals surface area contributed by atoms with Crippen molar-refractivity contribution in [1.29, 1.82) is 0 Å². The maximum Gasteiger partial charge on any atom is 0.534 e. The number of ether oxygens (including phenoxy) is 2. The Kier molecular flexibility index (Phi) is 4.78. The first-order chi connectivity index (χ1) is 13.3. The van der Waals surface area contributed by atoms with Crippen LogP contribution in [0.25, 0.3) is 0 Å². The molecule has 1 aliphatic carbocycles. The van der Waals surface area contributed by atoms with Crippen LogP contribution in [0.4, 0.5) is 4.39 Å². The Morgan fingerprint density at radius 2 is 1.64 bits per heavy atom. The van der Waals surface area contributed by atoms with Gasteiger partial charge in [-0.25, -0.2) is 0 Å². The third kappa shape index (κ3) is 3.70. The highest BCUT2D eigenvalue weighted by molar-refractivity contribution is 6.53. The number of hydrogen-bond acceptors (Lipinski definition) is 4. The predicted molar refractivity (Wildman–Crippen MR) is 107 cm³/mol. The molecule has 0 N–H and O–H groups in total. The molecule has 1 aliphatic heterocycles. The fraction of sp³-hybridized carbons (Fsp3) is 0.455.